The fraction of sp³-hybridized carbons (Fsp3) is 0.143. The lowest BCUT2D eigenvalue weighted by Crippen LogP contribution is -1.83. The van der Waals surface area contributed by atoms with Crippen molar-refractivity contribution in [2.45, 2.75) is 6.92 Å². The third kappa shape index (κ3) is 1.30. The third-order valence-electron chi connectivity index (χ3n) is 1.09. The van der Waals surface area contributed by atoms with Crippen LogP contribution in [0.1, 0.15) is 26.3 Å². The molecule has 0 N–H and O–H groups in total. The summed E-state index contributed by atoms with van der Waals surface area (Å²) in [5.41, 5.74) is 0. The molecule has 0 bridgehead atoms. The lowest BCUT2D eigenvalue weighted by Gasteiger charge is -1.80. The Labute approximate surface area is 62.5 Å². The molecule has 1 aromatic rings. The minimum absolute atomic E-state index is 0.0121. The van der Waals surface area contributed by atoms with Crippen molar-refractivity contribution in [2.75, 3.05) is 0 Å². The Morgan fingerprint density at radius 3 is 2.60 bits per heavy atom. The van der Waals surface area contributed by atoms with Crippen molar-refractivity contribution in [3.8, 4) is 0 Å². The second-order valence-electron chi connectivity index (χ2n) is 1.88. The number of hydrogen-bond donors (Lipinski definition) is 0. The van der Waals surface area contributed by atoms with Crippen molar-refractivity contribution in [2.24, 2.45) is 0 Å². The SMILES string of the molecule is CC(=O)c1ccc(C=O)s1. The van der Waals surface area contributed by atoms with E-state index in [9.17, 15) is 9.59 Å². The first kappa shape index (κ1) is 7.15. The van der Waals surface area contributed by atoms with Crippen LogP contribution < -0.4 is 0 Å². The Balaban J connectivity index is 2.98. The second kappa shape index (κ2) is 2.75. The molecule has 0 spiro atoms. The molecule has 3 heteroatoms. The number of hydrogen-bond acceptors (Lipinski definition) is 3. The van der Waals surface area contributed by atoms with Gasteiger partial charge in [-0.25, -0.2) is 0 Å². The van der Waals surface area contributed by atoms with Crippen molar-refractivity contribution < 1.29 is 9.59 Å². The number of Topliss-reactive ketones (excluding diaryl/α,β-unsaturated/α-hetero) is 1. The molecule has 0 atom stereocenters. The molecule has 10 heavy (non-hydrogen) atoms. The van der Waals surface area contributed by atoms with Crippen molar-refractivity contribution in [3.05, 3.63) is 21.9 Å². The predicted octanol–water partition coefficient (Wildman–Crippen LogP) is 1.76. The van der Waals surface area contributed by atoms with Crippen LogP contribution in [0.3, 0.4) is 0 Å². The lowest BCUT2D eigenvalue weighted by atomic mass is 10.3. The first-order valence-electron chi connectivity index (χ1n) is 2.80. The Hall–Kier alpha value is -0.960. The Morgan fingerprint density at radius 1 is 1.60 bits per heavy atom. The monoisotopic (exact) mass is 154 g/mol. The molecule has 2 nitrogen and oxygen atoms in total. The minimum Gasteiger partial charge on any atom is -0.297 e. The summed E-state index contributed by atoms with van der Waals surface area (Å²) in [5.74, 6) is 0.0121. The van der Waals surface area contributed by atoms with Crippen LogP contribution in [0.15, 0.2) is 12.1 Å². The number of carbonyl (C=O) groups is 2. The number of thiophene rings is 1. The summed E-state index contributed by atoms with van der Waals surface area (Å²) < 4.78 is 0. The number of carbonyl (C=O) groups excluding carboxylic acids is 2. The highest BCUT2D eigenvalue weighted by molar-refractivity contribution is 7.15. The first-order chi connectivity index (χ1) is 4.74. The van der Waals surface area contributed by atoms with Crippen LogP contribution in [0.25, 0.3) is 0 Å². The highest BCUT2D eigenvalue weighted by Gasteiger charge is 2.01. The van der Waals surface area contributed by atoms with Crippen LogP contribution in [0.2, 0.25) is 0 Å². The van der Waals surface area contributed by atoms with Gasteiger partial charge >= 0.3 is 0 Å². The molecule has 0 saturated carbocycles. The van der Waals surface area contributed by atoms with Crippen LogP contribution in [0, 0.1) is 0 Å². The van der Waals surface area contributed by atoms with E-state index in [0.29, 0.717) is 9.75 Å². The Kier molecular flexibility index (Phi) is 1.97. The zero-order valence-electron chi connectivity index (χ0n) is 5.46. The van der Waals surface area contributed by atoms with E-state index in [1.54, 1.807) is 12.1 Å². The van der Waals surface area contributed by atoms with Crippen LogP contribution in [0.4, 0.5) is 0 Å². The van der Waals surface area contributed by atoms with Gasteiger partial charge in [-0.2, -0.15) is 0 Å². The van der Waals surface area contributed by atoms with Crippen molar-refractivity contribution in [1.29, 1.82) is 0 Å². The summed E-state index contributed by atoms with van der Waals surface area (Å²) in [6.45, 7) is 1.49. The van der Waals surface area contributed by atoms with Gasteiger partial charge in [0, 0.05) is 0 Å². The molecule has 0 amide bonds. The van der Waals surface area contributed by atoms with E-state index >= 15 is 0 Å². The Morgan fingerprint density at radius 2 is 2.30 bits per heavy atom. The molecule has 0 fully saturated rings. The number of aldehydes is 1. The van der Waals surface area contributed by atoms with Gasteiger partial charge in [-0.3, -0.25) is 9.59 Å². The first-order valence-corrected chi connectivity index (χ1v) is 3.61. The van der Waals surface area contributed by atoms with Gasteiger partial charge in [0.1, 0.15) is 0 Å². The van der Waals surface area contributed by atoms with Gasteiger partial charge < -0.3 is 0 Å². The Bertz CT molecular complexity index is 262. The summed E-state index contributed by atoms with van der Waals surface area (Å²) >= 11 is 1.22. The van der Waals surface area contributed by atoms with Gasteiger partial charge in [0.2, 0.25) is 0 Å². The molecular weight excluding hydrogens is 148 g/mol. The highest BCUT2D eigenvalue weighted by atomic mass is 32.1. The largest absolute Gasteiger partial charge is 0.297 e. The standard InChI is InChI=1S/C7H6O2S/c1-5(9)7-3-2-6(4-8)10-7/h2-4H,1H3. The number of rotatable bonds is 2. The van der Waals surface area contributed by atoms with Gasteiger partial charge in [-0.15, -0.1) is 11.3 Å². The van der Waals surface area contributed by atoms with Gasteiger partial charge in [0.25, 0.3) is 0 Å². The molecule has 0 unspecified atom stereocenters. The fourth-order valence-corrected chi connectivity index (χ4v) is 1.32. The van der Waals surface area contributed by atoms with E-state index in [2.05, 4.69) is 0 Å². The van der Waals surface area contributed by atoms with E-state index < -0.39 is 0 Å². The van der Waals surface area contributed by atoms with Crippen molar-refractivity contribution >= 4 is 23.4 Å². The van der Waals surface area contributed by atoms with Gasteiger partial charge in [0.15, 0.2) is 12.1 Å². The molecule has 0 aromatic carbocycles. The van der Waals surface area contributed by atoms with Crippen LogP contribution >= 0.6 is 11.3 Å². The molecule has 0 radical (unpaired) electrons. The number of ketones is 1. The van der Waals surface area contributed by atoms with E-state index in [1.165, 1.54) is 18.3 Å². The van der Waals surface area contributed by atoms with E-state index in [-0.39, 0.29) is 5.78 Å². The normalized spacial score (nSPS) is 9.30. The zero-order chi connectivity index (χ0) is 7.56. The maximum absolute atomic E-state index is 10.7. The van der Waals surface area contributed by atoms with Gasteiger partial charge in [0.05, 0.1) is 9.75 Å². The highest BCUT2D eigenvalue weighted by Crippen LogP contribution is 2.14. The molecule has 1 heterocycles. The van der Waals surface area contributed by atoms with E-state index in [4.69, 9.17) is 0 Å². The molecule has 0 aliphatic rings. The fourth-order valence-electron chi connectivity index (χ4n) is 0.605. The van der Waals surface area contributed by atoms with Crippen LogP contribution in [-0.4, -0.2) is 12.1 Å². The third-order valence-corrected chi connectivity index (χ3v) is 2.20. The molecule has 1 rings (SSSR count). The summed E-state index contributed by atoms with van der Waals surface area (Å²) in [6, 6.07) is 3.31. The van der Waals surface area contributed by atoms with Gasteiger partial charge in [-0.1, -0.05) is 0 Å². The maximum Gasteiger partial charge on any atom is 0.169 e. The molecular formula is C7H6O2S. The smallest absolute Gasteiger partial charge is 0.169 e. The minimum atomic E-state index is 0.0121. The van der Waals surface area contributed by atoms with Crippen LogP contribution in [0.5, 0.6) is 0 Å². The summed E-state index contributed by atoms with van der Waals surface area (Å²) in [7, 11) is 0. The van der Waals surface area contributed by atoms with Crippen molar-refractivity contribution in [3.63, 3.8) is 0 Å². The average molecular weight is 154 g/mol. The average Bonchev–Trinajstić information content (AvgIpc) is 2.34. The molecule has 0 saturated heterocycles. The summed E-state index contributed by atoms with van der Waals surface area (Å²) in [5, 5.41) is 0. The van der Waals surface area contributed by atoms with E-state index in [0.717, 1.165) is 6.29 Å². The zero-order valence-corrected chi connectivity index (χ0v) is 6.27. The van der Waals surface area contributed by atoms with Crippen molar-refractivity contribution in [1.82, 2.24) is 0 Å². The van der Waals surface area contributed by atoms with Crippen LogP contribution in [-0.2, 0) is 0 Å². The quantitative estimate of drug-likeness (QED) is 0.480. The predicted molar refractivity (Wildman–Crippen MR) is 39.7 cm³/mol. The summed E-state index contributed by atoms with van der Waals surface area (Å²) in [6.07, 6.45) is 0.747. The summed E-state index contributed by atoms with van der Waals surface area (Å²) in [4.78, 5) is 22.1. The molecule has 52 valence electrons. The molecule has 1 aromatic heterocycles. The topological polar surface area (TPSA) is 34.1 Å². The lowest BCUT2D eigenvalue weighted by molar-refractivity contribution is 0.102. The van der Waals surface area contributed by atoms with E-state index in [1.807, 2.05) is 0 Å². The van der Waals surface area contributed by atoms with Gasteiger partial charge in [-0.05, 0) is 19.1 Å². The maximum atomic E-state index is 10.7. The second-order valence-corrected chi connectivity index (χ2v) is 2.99. The molecule has 0 aliphatic carbocycles. The molecule has 0 aliphatic heterocycles.